The van der Waals surface area contributed by atoms with Crippen LogP contribution in [0.4, 0.5) is 5.69 Å². The van der Waals surface area contributed by atoms with Crippen molar-refractivity contribution in [2.75, 3.05) is 4.72 Å². The number of anilines is 1. The van der Waals surface area contributed by atoms with Crippen molar-refractivity contribution in [2.24, 2.45) is 0 Å². The Hall–Kier alpha value is -1.53. The van der Waals surface area contributed by atoms with Crippen LogP contribution >= 0.6 is 11.6 Å². The largest absolute Gasteiger partial charge is 0.359 e. The molecule has 0 aliphatic heterocycles. The Kier molecular flexibility index (Phi) is 4.06. The van der Waals surface area contributed by atoms with E-state index in [1.807, 2.05) is 6.92 Å². The summed E-state index contributed by atoms with van der Waals surface area (Å²) >= 11 is 5.98. The Morgan fingerprint density at radius 2 is 2.05 bits per heavy atom. The smallest absolute Gasteiger partial charge is 0.263 e. The van der Waals surface area contributed by atoms with E-state index in [9.17, 15) is 8.42 Å². The van der Waals surface area contributed by atoms with Gasteiger partial charge in [-0.2, -0.15) is 0 Å². The van der Waals surface area contributed by atoms with E-state index in [0.717, 1.165) is 5.56 Å². The molecule has 0 amide bonds. The fourth-order valence-corrected chi connectivity index (χ4v) is 3.52. The van der Waals surface area contributed by atoms with Crippen molar-refractivity contribution < 1.29 is 12.9 Å². The van der Waals surface area contributed by atoms with E-state index in [4.69, 9.17) is 16.1 Å². The minimum atomic E-state index is -3.77. The Morgan fingerprint density at radius 1 is 1.35 bits per heavy atom. The summed E-state index contributed by atoms with van der Waals surface area (Å²) < 4.78 is 32.4. The standard InChI is InChI=1S/C13H15ClN2O3S/c1-4-11-13(9(3)15-19-11)16-20(17,18)12-7-8(2)5-6-10(12)14/h5-7,16H,4H2,1-3H3. The molecule has 108 valence electrons. The van der Waals surface area contributed by atoms with Crippen LogP contribution in [0.1, 0.15) is 23.9 Å². The van der Waals surface area contributed by atoms with Crippen molar-refractivity contribution in [3.05, 3.63) is 40.2 Å². The molecule has 5 nitrogen and oxygen atoms in total. The molecule has 0 radical (unpaired) electrons. The van der Waals surface area contributed by atoms with Crippen molar-refractivity contribution in [2.45, 2.75) is 32.1 Å². The fraction of sp³-hybridized carbons (Fsp3) is 0.308. The molecule has 0 aliphatic rings. The van der Waals surface area contributed by atoms with Crippen molar-refractivity contribution in [3.8, 4) is 0 Å². The minimum Gasteiger partial charge on any atom is -0.359 e. The normalized spacial score (nSPS) is 11.6. The summed E-state index contributed by atoms with van der Waals surface area (Å²) in [5.74, 6) is 0.495. The van der Waals surface area contributed by atoms with Crippen molar-refractivity contribution >= 4 is 27.3 Å². The molecule has 1 aromatic carbocycles. The summed E-state index contributed by atoms with van der Waals surface area (Å²) in [6.07, 6.45) is 0.542. The lowest BCUT2D eigenvalue weighted by Gasteiger charge is -2.10. The van der Waals surface area contributed by atoms with Crippen LogP contribution in [0.5, 0.6) is 0 Å². The average molecular weight is 315 g/mol. The number of halogens is 1. The number of nitrogens with one attached hydrogen (secondary N) is 1. The molecule has 0 aliphatic carbocycles. The molecular weight excluding hydrogens is 300 g/mol. The van der Waals surface area contributed by atoms with Gasteiger partial charge in [-0.05, 0) is 31.5 Å². The van der Waals surface area contributed by atoms with Gasteiger partial charge >= 0.3 is 0 Å². The molecule has 1 aromatic heterocycles. The van der Waals surface area contributed by atoms with Crippen LogP contribution in [0.2, 0.25) is 5.02 Å². The molecular formula is C13H15ClN2O3S. The molecule has 2 aromatic rings. The van der Waals surface area contributed by atoms with E-state index >= 15 is 0 Å². The molecule has 0 bridgehead atoms. The van der Waals surface area contributed by atoms with E-state index in [1.54, 1.807) is 26.0 Å². The van der Waals surface area contributed by atoms with Crippen LogP contribution in [0.15, 0.2) is 27.6 Å². The van der Waals surface area contributed by atoms with Crippen LogP contribution in [-0.2, 0) is 16.4 Å². The minimum absolute atomic E-state index is 0.0434. The molecule has 1 N–H and O–H groups in total. The first-order chi connectivity index (χ1) is 9.35. The molecule has 1 heterocycles. The molecule has 0 fully saturated rings. The topological polar surface area (TPSA) is 72.2 Å². The highest BCUT2D eigenvalue weighted by molar-refractivity contribution is 7.92. The molecule has 0 atom stereocenters. The Morgan fingerprint density at radius 3 is 2.70 bits per heavy atom. The maximum Gasteiger partial charge on any atom is 0.263 e. The number of rotatable bonds is 4. The van der Waals surface area contributed by atoms with Crippen molar-refractivity contribution in [1.82, 2.24) is 5.16 Å². The summed E-state index contributed by atoms with van der Waals surface area (Å²) in [6, 6.07) is 4.84. The first kappa shape index (κ1) is 14.9. The zero-order valence-electron chi connectivity index (χ0n) is 11.4. The van der Waals surface area contributed by atoms with Gasteiger partial charge in [0.1, 0.15) is 16.3 Å². The van der Waals surface area contributed by atoms with E-state index in [1.165, 1.54) is 6.07 Å². The molecule has 0 saturated heterocycles. The third-order valence-corrected chi connectivity index (χ3v) is 4.70. The number of sulfonamides is 1. The highest BCUT2D eigenvalue weighted by atomic mass is 35.5. The van der Waals surface area contributed by atoms with Gasteiger partial charge in [-0.25, -0.2) is 8.42 Å². The van der Waals surface area contributed by atoms with Crippen LogP contribution in [-0.4, -0.2) is 13.6 Å². The van der Waals surface area contributed by atoms with Crippen molar-refractivity contribution in [3.63, 3.8) is 0 Å². The van der Waals surface area contributed by atoms with Gasteiger partial charge in [-0.15, -0.1) is 0 Å². The van der Waals surface area contributed by atoms with E-state index in [2.05, 4.69) is 9.88 Å². The van der Waals surface area contributed by atoms with E-state index < -0.39 is 10.0 Å². The van der Waals surface area contributed by atoms with Crippen molar-refractivity contribution in [1.29, 1.82) is 0 Å². The first-order valence-electron chi connectivity index (χ1n) is 6.09. The number of hydrogen-bond acceptors (Lipinski definition) is 4. The lowest BCUT2D eigenvalue weighted by Crippen LogP contribution is -2.15. The summed E-state index contributed by atoms with van der Waals surface area (Å²) in [5, 5.41) is 3.95. The molecule has 7 heteroatoms. The second-order valence-corrected chi connectivity index (χ2v) is 6.52. The van der Waals surface area contributed by atoms with Gasteiger partial charge in [0.15, 0.2) is 5.76 Å². The zero-order chi connectivity index (χ0) is 14.9. The Balaban J connectivity index is 2.46. The predicted molar refractivity (Wildman–Crippen MR) is 77.6 cm³/mol. The first-order valence-corrected chi connectivity index (χ1v) is 7.95. The second-order valence-electron chi connectivity index (χ2n) is 4.46. The Bertz CT molecular complexity index is 738. The monoisotopic (exact) mass is 314 g/mol. The number of benzene rings is 1. The van der Waals surface area contributed by atoms with Gasteiger partial charge in [-0.1, -0.05) is 29.7 Å². The quantitative estimate of drug-likeness (QED) is 0.939. The SMILES string of the molecule is CCc1onc(C)c1NS(=O)(=O)c1cc(C)ccc1Cl. The number of hydrogen-bond donors (Lipinski definition) is 1. The van der Waals surface area contributed by atoms with Crippen LogP contribution in [0, 0.1) is 13.8 Å². The van der Waals surface area contributed by atoms with Crippen LogP contribution in [0.3, 0.4) is 0 Å². The highest BCUT2D eigenvalue weighted by Crippen LogP contribution is 2.28. The molecule has 20 heavy (non-hydrogen) atoms. The molecule has 0 saturated carbocycles. The second kappa shape index (κ2) is 5.46. The van der Waals surface area contributed by atoms with Gasteiger partial charge < -0.3 is 4.52 Å². The third-order valence-electron chi connectivity index (χ3n) is 2.87. The third kappa shape index (κ3) is 2.81. The summed E-state index contributed by atoms with van der Waals surface area (Å²) in [7, 11) is -3.77. The summed E-state index contributed by atoms with van der Waals surface area (Å²) in [4.78, 5) is 0.0434. The maximum absolute atomic E-state index is 12.4. The maximum atomic E-state index is 12.4. The molecule has 2 rings (SSSR count). The van der Waals surface area contributed by atoms with Gasteiger partial charge in [0, 0.05) is 6.42 Å². The highest BCUT2D eigenvalue weighted by Gasteiger charge is 2.22. The van der Waals surface area contributed by atoms with Crippen LogP contribution < -0.4 is 4.72 Å². The van der Waals surface area contributed by atoms with E-state index in [-0.39, 0.29) is 9.92 Å². The Labute approximate surface area is 123 Å². The lowest BCUT2D eigenvalue weighted by molar-refractivity contribution is 0.383. The fourth-order valence-electron chi connectivity index (χ4n) is 1.79. The number of nitrogens with zero attached hydrogens (tertiary/aromatic N) is 1. The van der Waals surface area contributed by atoms with Gasteiger partial charge in [0.25, 0.3) is 10.0 Å². The summed E-state index contributed by atoms with van der Waals surface area (Å²) in [5.41, 5.74) is 1.69. The number of aromatic nitrogens is 1. The van der Waals surface area contributed by atoms with Gasteiger partial charge in [-0.3, -0.25) is 4.72 Å². The number of aryl methyl sites for hydroxylation is 3. The van der Waals surface area contributed by atoms with Crippen LogP contribution in [0.25, 0.3) is 0 Å². The zero-order valence-corrected chi connectivity index (χ0v) is 13.0. The van der Waals surface area contributed by atoms with Gasteiger partial charge in [0.05, 0.1) is 5.02 Å². The average Bonchev–Trinajstić information content (AvgIpc) is 2.73. The summed E-state index contributed by atoms with van der Waals surface area (Å²) in [6.45, 7) is 5.34. The van der Waals surface area contributed by atoms with E-state index in [0.29, 0.717) is 23.6 Å². The predicted octanol–water partition coefficient (Wildman–Crippen LogP) is 3.31. The molecule has 0 unspecified atom stereocenters. The lowest BCUT2D eigenvalue weighted by atomic mass is 10.2. The van der Waals surface area contributed by atoms with Gasteiger partial charge in [0.2, 0.25) is 0 Å². The molecule has 0 spiro atoms.